The summed E-state index contributed by atoms with van der Waals surface area (Å²) in [5.74, 6) is 1.63. The zero-order valence-electron chi connectivity index (χ0n) is 15.1. The Labute approximate surface area is 154 Å². The van der Waals surface area contributed by atoms with E-state index in [9.17, 15) is 10.0 Å². The number of para-hydroxylation sites is 1. The molecule has 0 bridgehead atoms. The first-order valence-electron chi connectivity index (χ1n) is 8.72. The SMILES string of the molecule is CN(C)C(=O)N(O)[C@@H]1CC=C[C@H]1Cc1cccc(Oc2ccccc2)c1. The number of hydrogen-bond acceptors (Lipinski definition) is 3. The molecule has 1 aliphatic rings. The van der Waals surface area contributed by atoms with Crippen molar-refractivity contribution in [2.75, 3.05) is 14.1 Å². The van der Waals surface area contributed by atoms with Gasteiger partial charge in [0, 0.05) is 20.0 Å². The second kappa shape index (κ2) is 8.06. The van der Waals surface area contributed by atoms with Crippen molar-refractivity contribution < 1.29 is 14.7 Å². The fourth-order valence-corrected chi connectivity index (χ4v) is 3.16. The third-order valence-corrected chi connectivity index (χ3v) is 4.50. The summed E-state index contributed by atoms with van der Waals surface area (Å²) in [6.07, 6.45) is 5.47. The van der Waals surface area contributed by atoms with Gasteiger partial charge in [0.2, 0.25) is 0 Å². The summed E-state index contributed by atoms with van der Waals surface area (Å²) < 4.78 is 5.89. The Bertz CT molecular complexity index is 774. The van der Waals surface area contributed by atoms with E-state index in [0.717, 1.165) is 28.5 Å². The Kier molecular flexibility index (Phi) is 5.58. The fourth-order valence-electron chi connectivity index (χ4n) is 3.16. The van der Waals surface area contributed by atoms with E-state index in [4.69, 9.17) is 4.74 Å². The minimum absolute atomic E-state index is 0.0656. The lowest BCUT2D eigenvalue weighted by Crippen LogP contribution is -2.45. The number of urea groups is 1. The first-order chi connectivity index (χ1) is 12.5. The van der Waals surface area contributed by atoms with Crippen LogP contribution >= 0.6 is 0 Å². The molecule has 2 aromatic carbocycles. The predicted molar refractivity (Wildman–Crippen MR) is 100 cm³/mol. The Morgan fingerprint density at radius 3 is 2.58 bits per heavy atom. The Morgan fingerprint density at radius 2 is 1.85 bits per heavy atom. The van der Waals surface area contributed by atoms with Gasteiger partial charge in [-0.05, 0) is 42.7 Å². The molecule has 0 spiro atoms. The first kappa shape index (κ1) is 18.0. The van der Waals surface area contributed by atoms with E-state index in [2.05, 4.69) is 6.08 Å². The molecule has 0 radical (unpaired) electrons. The lowest BCUT2D eigenvalue weighted by molar-refractivity contribution is -0.0936. The van der Waals surface area contributed by atoms with Crippen LogP contribution in [0.5, 0.6) is 11.5 Å². The summed E-state index contributed by atoms with van der Waals surface area (Å²) in [4.78, 5) is 13.4. The Morgan fingerprint density at radius 1 is 1.12 bits per heavy atom. The van der Waals surface area contributed by atoms with E-state index in [1.165, 1.54) is 4.90 Å². The summed E-state index contributed by atoms with van der Waals surface area (Å²) in [7, 11) is 3.26. The Balaban J connectivity index is 1.69. The minimum Gasteiger partial charge on any atom is -0.457 e. The molecule has 0 unspecified atom stereocenters. The van der Waals surface area contributed by atoms with Gasteiger partial charge in [-0.1, -0.05) is 42.5 Å². The summed E-state index contributed by atoms with van der Waals surface area (Å²) >= 11 is 0. The molecule has 0 heterocycles. The van der Waals surface area contributed by atoms with Crippen molar-refractivity contribution in [3.63, 3.8) is 0 Å². The maximum Gasteiger partial charge on any atom is 0.343 e. The first-order valence-corrected chi connectivity index (χ1v) is 8.72. The number of carbonyl (C=O) groups excluding carboxylic acids is 1. The second-order valence-electron chi connectivity index (χ2n) is 6.68. The van der Waals surface area contributed by atoms with Crippen LogP contribution in [0.2, 0.25) is 0 Å². The van der Waals surface area contributed by atoms with E-state index in [-0.39, 0.29) is 12.0 Å². The van der Waals surface area contributed by atoms with Gasteiger partial charge in [0.15, 0.2) is 0 Å². The molecule has 2 aromatic rings. The van der Waals surface area contributed by atoms with Crippen LogP contribution in [-0.4, -0.2) is 41.3 Å². The highest BCUT2D eigenvalue weighted by Gasteiger charge is 2.32. The zero-order valence-corrected chi connectivity index (χ0v) is 15.1. The predicted octanol–water partition coefficient (Wildman–Crippen LogP) is 4.34. The smallest absolute Gasteiger partial charge is 0.343 e. The molecule has 2 atom stereocenters. The number of carbonyl (C=O) groups is 1. The lowest BCUT2D eigenvalue weighted by atomic mass is 9.94. The molecule has 0 saturated carbocycles. The molecule has 0 aliphatic heterocycles. The summed E-state index contributed by atoms with van der Waals surface area (Å²) in [5.41, 5.74) is 1.10. The minimum atomic E-state index is -0.398. The van der Waals surface area contributed by atoms with Gasteiger partial charge in [-0.15, -0.1) is 0 Å². The van der Waals surface area contributed by atoms with E-state index in [1.807, 2.05) is 60.7 Å². The molecule has 26 heavy (non-hydrogen) atoms. The number of ether oxygens (including phenoxy) is 1. The van der Waals surface area contributed by atoms with Crippen molar-refractivity contribution in [2.24, 2.45) is 5.92 Å². The van der Waals surface area contributed by atoms with Crippen molar-refractivity contribution in [1.82, 2.24) is 9.96 Å². The van der Waals surface area contributed by atoms with Crippen molar-refractivity contribution in [3.8, 4) is 11.5 Å². The van der Waals surface area contributed by atoms with Crippen LogP contribution in [0.15, 0.2) is 66.7 Å². The van der Waals surface area contributed by atoms with Crippen molar-refractivity contribution in [2.45, 2.75) is 18.9 Å². The topological polar surface area (TPSA) is 53.0 Å². The molecule has 0 fully saturated rings. The van der Waals surface area contributed by atoms with Gasteiger partial charge in [-0.3, -0.25) is 5.21 Å². The highest BCUT2D eigenvalue weighted by molar-refractivity contribution is 5.73. The summed E-state index contributed by atoms with van der Waals surface area (Å²) in [5, 5.41) is 11.1. The van der Waals surface area contributed by atoms with Gasteiger partial charge in [-0.2, -0.15) is 0 Å². The quantitative estimate of drug-likeness (QED) is 0.495. The van der Waals surface area contributed by atoms with Crippen molar-refractivity contribution >= 4 is 6.03 Å². The van der Waals surface area contributed by atoms with E-state index >= 15 is 0 Å². The normalized spacial score (nSPS) is 18.6. The standard InChI is InChI=1S/C21H24N2O3/c1-22(2)21(24)23(25)20-13-7-9-17(20)14-16-8-6-12-19(15-16)26-18-10-4-3-5-11-18/h3-12,15,17,20,25H,13-14H2,1-2H3/t17-,20+/m0/s1. The maximum atomic E-state index is 12.0. The monoisotopic (exact) mass is 352 g/mol. The molecule has 1 aliphatic carbocycles. The number of rotatable bonds is 5. The number of nitrogens with zero attached hydrogens (tertiary/aromatic N) is 2. The van der Waals surface area contributed by atoms with Gasteiger partial charge in [0.1, 0.15) is 11.5 Å². The average molecular weight is 352 g/mol. The molecule has 1 N–H and O–H groups in total. The largest absolute Gasteiger partial charge is 0.457 e. The van der Waals surface area contributed by atoms with Crippen molar-refractivity contribution in [3.05, 3.63) is 72.3 Å². The van der Waals surface area contributed by atoms with Crippen LogP contribution in [0.25, 0.3) is 0 Å². The van der Waals surface area contributed by atoms with Gasteiger partial charge < -0.3 is 9.64 Å². The molecule has 0 aromatic heterocycles. The molecular formula is C21H24N2O3. The molecule has 0 saturated heterocycles. The number of benzene rings is 2. The molecule has 136 valence electrons. The van der Waals surface area contributed by atoms with Crippen LogP contribution in [0.1, 0.15) is 12.0 Å². The summed E-state index contributed by atoms with van der Waals surface area (Å²) in [6.45, 7) is 0. The highest BCUT2D eigenvalue weighted by atomic mass is 16.5. The lowest BCUT2D eigenvalue weighted by Gasteiger charge is -2.29. The average Bonchev–Trinajstić information content (AvgIpc) is 3.09. The molecule has 5 heteroatoms. The number of hydroxylamine groups is 2. The molecule has 2 amide bonds. The van der Waals surface area contributed by atoms with Crippen LogP contribution in [0.4, 0.5) is 4.79 Å². The van der Waals surface area contributed by atoms with Crippen molar-refractivity contribution in [1.29, 1.82) is 0 Å². The van der Waals surface area contributed by atoms with Crippen LogP contribution in [-0.2, 0) is 6.42 Å². The van der Waals surface area contributed by atoms with Gasteiger partial charge in [0.05, 0.1) is 6.04 Å². The second-order valence-corrected chi connectivity index (χ2v) is 6.68. The van der Waals surface area contributed by atoms with E-state index in [0.29, 0.717) is 6.42 Å². The van der Waals surface area contributed by atoms with Gasteiger partial charge >= 0.3 is 6.03 Å². The molecule has 5 nitrogen and oxygen atoms in total. The molecule has 3 rings (SSSR count). The van der Waals surface area contributed by atoms with E-state index in [1.54, 1.807) is 14.1 Å². The zero-order chi connectivity index (χ0) is 18.5. The highest BCUT2D eigenvalue weighted by Crippen LogP contribution is 2.29. The van der Waals surface area contributed by atoms with Crippen LogP contribution < -0.4 is 4.74 Å². The van der Waals surface area contributed by atoms with E-state index < -0.39 is 6.03 Å². The molecular weight excluding hydrogens is 328 g/mol. The third kappa shape index (κ3) is 4.24. The van der Waals surface area contributed by atoms with Crippen LogP contribution in [0.3, 0.4) is 0 Å². The van der Waals surface area contributed by atoms with Gasteiger partial charge in [0.25, 0.3) is 0 Å². The van der Waals surface area contributed by atoms with Crippen LogP contribution in [0, 0.1) is 5.92 Å². The summed E-state index contributed by atoms with van der Waals surface area (Å²) in [6, 6.07) is 16.9. The maximum absolute atomic E-state index is 12.0. The third-order valence-electron chi connectivity index (χ3n) is 4.50. The van der Waals surface area contributed by atoms with Gasteiger partial charge in [-0.25, -0.2) is 9.86 Å². The number of hydrogen-bond donors (Lipinski definition) is 1. The Hall–Kier alpha value is -2.79. The fraction of sp³-hybridized carbons (Fsp3) is 0.286. The number of amides is 2.